The SMILES string of the molecule is O=S(=O)([O-])CNc1ccc(O)cc1. The lowest BCUT2D eigenvalue weighted by atomic mass is 10.3. The van der Waals surface area contributed by atoms with Gasteiger partial charge in [-0.3, -0.25) is 0 Å². The van der Waals surface area contributed by atoms with Gasteiger partial charge in [0.25, 0.3) is 0 Å². The van der Waals surface area contributed by atoms with Crippen molar-refractivity contribution in [3.05, 3.63) is 24.3 Å². The third-order valence-electron chi connectivity index (χ3n) is 1.32. The zero-order chi connectivity index (χ0) is 9.90. The van der Waals surface area contributed by atoms with Crippen LogP contribution in [0.2, 0.25) is 0 Å². The van der Waals surface area contributed by atoms with E-state index in [2.05, 4.69) is 5.32 Å². The van der Waals surface area contributed by atoms with Crippen LogP contribution in [-0.2, 0) is 10.1 Å². The Labute approximate surface area is 75.8 Å². The Hall–Kier alpha value is -1.27. The van der Waals surface area contributed by atoms with Gasteiger partial charge in [-0.25, -0.2) is 8.42 Å². The molecule has 0 atom stereocenters. The van der Waals surface area contributed by atoms with Crippen molar-refractivity contribution in [2.75, 3.05) is 11.2 Å². The summed E-state index contributed by atoms with van der Waals surface area (Å²) in [6, 6.07) is 5.72. The van der Waals surface area contributed by atoms with E-state index in [1.165, 1.54) is 24.3 Å². The maximum absolute atomic E-state index is 10.2. The van der Waals surface area contributed by atoms with Crippen LogP contribution in [0.5, 0.6) is 5.75 Å². The van der Waals surface area contributed by atoms with E-state index in [1.807, 2.05) is 0 Å². The number of hydrogen-bond donors (Lipinski definition) is 2. The lowest BCUT2D eigenvalue weighted by Gasteiger charge is -2.09. The summed E-state index contributed by atoms with van der Waals surface area (Å²) in [7, 11) is -4.26. The minimum absolute atomic E-state index is 0.0792. The van der Waals surface area contributed by atoms with Gasteiger partial charge >= 0.3 is 0 Å². The summed E-state index contributed by atoms with van der Waals surface area (Å²) in [4.78, 5) is 0. The van der Waals surface area contributed by atoms with Crippen molar-refractivity contribution in [1.29, 1.82) is 0 Å². The molecular weight excluding hydrogens is 194 g/mol. The van der Waals surface area contributed by atoms with Crippen LogP contribution in [0.4, 0.5) is 5.69 Å². The molecule has 0 saturated carbocycles. The second kappa shape index (κ2) is 3.63. The molecule has 0 unspecified atom stereocenters. The molecule has 0 aliphatic carbocycles. The van der Waals surface area contributed by atoms with E-state index in [-0.39, 0.29) is 5.75 Å². The summed E-state index contributed by atoms with van der Waals surface area (Å²) in [5.74, 6) is -0.576. The van der Waals surface area contributed by atoms with Gasteiger partial charge in [0, 0.05) is 5.69 Å². The molecular formula is C7H8NO4S-. The predicted molar refractivity (Wildman–Crippen MR) is 46.3 cm³/mol. The van der Waals surface area contributed by atoms with E-state index in [0.29, 0.717) is 5.69 Å². The second-order valence-electron chi connectivity index (χ2n) is 2.43. The predicted octanol–water partition coefficient (Wildman–Crippen LogP) is 0.307. The summed E-state index contributed by atoms with van der Waals surface area (Å²) in [5.41, 5.74) is 0.470. The van der Waals surface area contributed by atoms with E-state index in [9.17, 15) is 13.0 Å². The van der Waals surface area contributed by atoms with Gasteiger partial charge in [0.05, 0.1) is 0 Å². The Kier molecular flexibility index (Phi) is 2.74. The highest BCUT2D eigenvalue weighted by Crippen LogP contribution is 2.13. The highest BCUT2D eigenvalue weighted by molar-refractivity contribution is 7.85. The van der Waals surface area contributed by atoms with Crippen LogP contribution in [0.3, 0.4) is 0 Å². The molecule has 0 saturated heterocycles. The van der Waals surface area contributed by atoms with Crippen LogP contribution in [0.15, 0.2) is 24.3 Å². The Balaban J connectivity index is 2.61. The van der Waals surface area contributed by atoms with Crippen molar-refractivity contribution in [3.63, 3.8) is 0 Å². The summed E-state index contributed by atoms with van der Waals surface area (Å²) < 4.78 is 30.6. The van der Waals surface area contributed by atoms with E-state index in [1.54, 1.807) is 0 Å². The van der Waals surface area contributed by atoms with Crippen molar-refractivity contribution < 1.29 is 18.1 Å². The first-order valence-corrected chi connectivity index (χ1v) is 5.01. The highest BCUT2D eigenvalue weighted by atomic mass is 32.2. The summed E-state index contributed by atoms with van der Waals surface area (Å²) >= 11 is 0. The van der Waals surface area contributed by atoms with Gasteiger partial charge in [0.15, 0.2) is 0 Å². The average Bonchev–Trinajstić information content (AvgIpc) is 2.02. The summed E-state index contributed by atoms with van der Waals surface area (Å²) in [6.07, 6.45) is 0. The molecule has 0 amide bonds. The molecule has 6 heteroatoms. The first-order chi connectivity index (χ1) is 5.97. The smallest absolute Gasteiger partial charge is 0.115 e. The Bertz CT molecular complexity index is 370. The van der Waals surface area contributed by atoms with Gasteiger partial charge in [-0.15, -0.1) is 0 Å². The number of phenols is 1. The number of aromatic hydroxyl groups is 1. The summed E-state index contributed by atoms with van der Waals surface area (Å²) in [6.45, 7) is 0. The second-order valence-corrected chi connectivity index (χ2v) is 3.83. The normalized spacial score (nSPS) is 11.2. The molecule has 0 aliphatic rings. The zero-order valence-electron chi connectivity index (χ0n) is 6.60. The highest BCUT2D eigenvalue weighted by Gasteiger charge is 1.95. The van der Waals surface area contributed by atoms with Crippen LogP contribution < -0.4 is 5.32 Å². The van der Waals surface area contributed by atoms with E-state index < -0.39 is 16.0 Å². The van der Waals surface area contributed by atoms with Crippen LogP contribution in [0.25, 0.3) is 0 Å². The van der Waals surface area contributed by atoms with Gasteiger partial charge in [-0.1, -0.05) is 0 Å². The van der Waals surface area contributed by atoms with E-state index in [4.69, 9.17) is 5.11 Å². The number of rotatable bonds is 3. The van der Waals surface area contributed by atoms with Gasteiger partial charge in [0.2, 0.25) is 0 Å². The first-order valence-electron chi connectivity index (χ1n) is 3.44. The number of anilines is 1. The molecule has 0 fully saturated rings. The maximum Gasteiger partial charge on any atom is 0.115 e. The molecule has 0 radical (unpaired) electrons. The lowest BCUT2D eigenvalue weighted by Crippen LogP contribution is -2.12. The summed E-state index contributed by atoms with van der Waals surface area (Å²) in [5, 5.41) is 11.3. The third-order valence-corrected chi connectivity index (χ3v) is 1.82. The fourth-order valence-electron chi connectivity index (χ4n) is 0.751. The Morgan fingerprint density at radius 2 is 1.85 bits per heavy atom. The largest absolute Gasteiger partial charge is 0.747 e. The fourth-order valence-corrected chi connectivity index (χ4v) is 1.09. The first kappa shape index (κ1) is 9.82. The van der Waals surface area contributed by atoms with E-state index in [0.717, 1.165) is 0 Å². The van der Waals surface area contributed by atoms with Crippen molar-refractivity contribution >= 4 is 15.8 Å². The zero-order valence-corrected chi connectivity index (χ0v) is 7.41. The van der Waals surface area contributed by atoms with Gasteiger partial charge in [-0.05, 0) is 24.3 Å². The maximum atomic E-state index is 10.2. The van der Waals surface area contributed by atoms with Crippen molar-refractivity contribution in [2.24, 2.45) is 0 Å². The third kappa shape index (κ3) is 3.77. The molecule has 0 spiro atoms. The quantitative estimate of drug-likeness (QED) is 0.543. The molecule has 5 nitrogen and oxygen atoms in total. The minimum Gasteiger partial charge on any atom is -0.747 e. The number of hydrogen-bond acceptors (Lipinski definition) is 5. The number of benzene rings is 1. The Morgan fingerprint density at radius 3 is 2.31 bits per heavy atom. The molecule has 2 N–H and O–H groups in total. The van der Waals surface area contributed by atoms with Crippen LogP contribution in [0, 0.1) is 0 Å². The van der Waals surface area contributed by atoms with Crippen molar-refractivity contribution in [3.8, 4) is 5.75 Å². The molecule has 0 bridgehead atoms. The standard InChI is InChI=1S/C7H9NO4S/c9-7-3-1-6(2-4-7)8-5-13(10,11)12/h1-4,8-9H,5H2,(H,10,11,12)/p-1. The van der Waals surface area contributed by atoms with Crippen LogP contribution in [-0.4, -0.2) is 24.0 Å². The molecule has 0 aliphatic heterocycles. The molecule has 1 rings (SSSR count). The number of phenolic OH excluding ortho intramolecular Hbond substituents is 1. The average molecular weight is 202 g/mol. The molecule has 0 aromatic heterocycles. The van der Waals surface area contributed by atoms with Crippen molar-refractivity contribution in [1.82, 2.24) is 0 Å². The number of nitrogens with one attached hydrogen (secondary N) is 1. The van der Waals surface area contributed by atoms with Crippen molar-refractivity contribution in [2.45, 2.75) is 0 Å². The van der Waals surface area contributed by atoms with Gasteiger partial charge in [0.1, 0.15) is 21.7 Å². The molecule has 0 heterocycles. The fraction of sp³-hybridized carbons (Fsp3) is 0.143. The van der Waals surface area contributed by atoms with Gasteiger partial charge < -0.3 is 15.0 Å². The molecule has 1 aromatic rings. The Morgan fingerprint density at radius 1 is 1.31 bits per heavy atom. The lowest BCUT2D eigenvalue weighted by molar-refractivity contribution is 0.465. The topological polar surface area (TPSA) is 89.5 Å². The van der Waals surface area contributed by atoms with Gasteiger partial charge in [-0.2, -0.15) is 0 Å². The molecule has 72 valence electrons. The monoisotopic (exact) mass is 202 g/mol. The molecule has 13 heavy (non-hydrogen) atoms. The molecule has 1 aromatic carbocycles. The van der Waals surface area contributed by atoms with Crippen LogP contribution in [0.1, 0.15) is 0 Å². The van der Waals surface area contributed by atoms with E-state index >= 15 is 0 Å². The van der Waals surface area contributed by atoms with Crippen LogP contribution >= 0.6 is 0 Å². The minimum atomic E-state index is -4.26.